The molecule has 0 spiro atoms. The van der Waals surface area contributed by atoms with Crippen LogP contribution in [0.2, 0.25) is 0 Å². The van der Waals surface area contributed by atoms with Gasteiger partial charge in [-0.25, -0.2) is 21.7 Å². The molecular weight excluding hydrogens is 1270 g/mol. The fraction of sp³-hybridized carbons (Fsp3) is 0.148. The predicted molar refractivity (Wildman–Crippen MR) is 405 cm³/mol. The molecule has 0 unspecified atom stereocenters. The molecule has 0 atom stereocenters. The molecule has 20 nitrogen and oxygen atoms in total. The molecule has 1 aliphatic carbocycles. The normalized spacial score (nSPS) is 11.4. The summed E-state index contributed by atoms with van der Waals surface area (Å²) in [7, 11) is 0. The third-order valence-electron chi connectivity index (χ3n) is 14.8. The van der Waals surface area contributed by atoms with Gasteiger partial charge in [0.05, 0.1) is 36.8 Å². The molecule has 0 aliphatic heterocycles. The Labute approximate surface area is 589 Å². The quantitative estimate of drug-likeness (QED) is 0.0238. The number of anilines is 1. The second-order valence-corrected chi connectivity index (χ2v) is 22.9. The van der Waals surface area contributed by atoms with Crippen molar-refractivity contribution in [2.45, 2.75) is 67.2 Å². The van der Waals surface area contributed by atoms with Gasteiger partial charge in [-0.15, -0.1) is 0 Å². The van der Waals surface area contributed by atoms with Gasteiger partial charge in [-0.05, 0) is 219 Å². The lowest BCUT2D eigenvalue weighted by molar-refractivity contribution is 0.0947. The summed E-state index contributed by atoms with van der Waals surface area (Å²) in [6.45, 7) is 20.6. The maximum absolute atomic E-state index is 11.9. The fourth-order valence-electron chi connectivity index (χ4n) is 8.96. The highest BCUT2D eigenvalue weighted by atomic mass is 16.3. The summed E-state index contributed by atoms with van der Waals surface area (Å²) in [5.41, 5.74) is 27.1. The number of rotatable bonds is 21. The number of aryl methyl sites for hydroxylation is 2. The van der Waals surface area contributed by atoms with Gasteiger partial charge >= 0.3 is 0 Å². The number of nitrogens with one attached hydrogen (secondary N) is 5. The molecule has 0 saturated heterocycles. The highest BCUT2D eigenvalue weighted by molar-refractivity contribution is 5.97. The molecule has 20 heteroatoms. The minimum atomic E-state index is -0.319. The standard InChI is InChI=1S/C18H21N3O2.C18H20N2O.2C15H14N2O2.C15H16N2O2/c1-3-21(4-2)16-9-5-14(6-10-16)13-19-20-18(23)15-7-11-17(22)12-8-15;1-13(2)16-6-4-15(5-7-16)12-19-20-14(3)17-8-10-18(21)11-9-17;1-11-2-4-12(5-3-11)10-16-17-15(19)13-6-8-14(18)9-7-13;1-11-3-2-4-12(9-11)10-16-17-15(19)13-5-7-14(18)8-6-13;1-2-11-3-4-12(9-11)10-16-17-15(19)13-5-7-14(18)8-6-13/h5-13,22H,3-4H2,1-2H3,(H,20,23);4-13,20-21H,3H2,1-2H3;2*2-10,18H,1H3,(H,17,19);3-8,10,18H,2,9H2,1H3,(H,17,19)/b19-13+;19-12+;3*16-10+. The van der Waals surface area contributed by atoms with Crippen LogP contribution in [0.15, 0.2) is 274 Å². The van der Waals surface area contributed by atoms with E-state index < -0.39 is 0 Å². The smallest absolute Gasteiger partial charge is 0.271 e. The molecule has 101 heavy (non-hydrogen) atoms. The van der Waals surface area contributed by atoms with Crippen molar-refractivity contribution >= 4 is 66.1 Å². The number of hydrogen-bond acceptors (Lipinski definition) is 16. The van der Waals surface area contributed by atoms with Crippen molar-refractivity contribution in [3.05, 3.63) is 315 Å². The van der Waals surface area contributed by atoms with Crippen molar-refractivity contribution in [2.75, 3.05) is 18.0 Å². The Balaban J connectivity index is 0.000000199. The maximum atomic E-state index is 11.9. The summed E-state index contributed by atoms with van der Waals surface area (Å²) < 4.78 is 0. The van der Waals surface area contributed by atoms with Crippen molar-refractivity contribution < 1.29 is 44.7 Å². The Kier molecular flexibility index (Phi) is 31.4. The average molecular weight is 1360 g/mol. The van der Waals surface area contributed by atoms with Gasteiger partial charge in [0.15, 0.2) is 0 Å². The van der Waals surface area contributed by atoms with Gasteiger partial charge in [0.25, 0.3) is 23.6 Å². The number of hydrazone groups is 5. The molecule has 9 aromatic rings. The molecule has 518 valence electrons. The first-order valence-electron chi connectivity index (χ1n) is 32.4. The molecule has 9 aromatic carbocycles. The minimum absolute atomic E-state index is 0.123. The highest BCUT2D eigenvalue weighted by Gasteiger charge is 2.09. The summed E-state index contributed by atoms with van der Waals surface area (Å²) in [6.07, 6.45) is 14.2. The number of aromatic hydroxyl groups is 5. The Morgan fingerprint density at radius 2 is 0.762 bits per heavy atom. The van der Waals surface area contributed by atoms with Crippen LogP contribution < -0.4 is 32.0 Å². The molecule has 0 bridgehead atoms. The van der Waals surface area contributed by atoms with Gasteiger partial charge in [0.1, 0.15) is 28.7 Å². The molecule has 4 amide bonds. The molecule has 10 N–H and O–H groups in total. The molecule has 1 aliphatic rings. The Bertz CT molecular complexity index is 4340. The summed E-state index contributed by atoms with van der Waals surface area (Å²) in [5.74, 6) is 0.0303. The largest absolute Gasteiger partial charge is 0.508 e. The second-order valence-electron chi connectivity index (χ2n) is 22.9. The number of allylic oxidation sites excluding steroid dienone is 4. The first kappa shape index (κ1) is 77.0. The van der Waals surface area contributed by atoms with Gasteiger partial charge in [-0.2, -0.15) is 25.5 Å². The maximum Gasteiger partial charge on any atom is 0.271 e. The first-order chi connectivity index (χ1) is 48.7. The molecule has 0 radical (unpaired) electrons. The zero-order valence-electron chi connectivity index (χ0n) is 57.5. The van der Waals surface area contributed by atoms with Crippen molar-refractivity contribution in [2.24, 2.45) is 25.5 Å². The van der Waals surface area contributed by atoms with Crippen LogP contribution in [-0.4, -0.2) is 93.3 Å². The van der Waals surface area contributed by atoms with Gasteiger partial charge in [0.2, 0.25) is 0 Å². The van der Waals surface area contributed by atoms with Crippen LogP contribution in [-0.2, 0) is 0 Å². The Hall–Kier alpha value is -13.0. The molecular formula is C81H85N11O9. The van der Waals surface area contributed by atoms with E-state index in [1.165, 1.54) is 95.2 Å². The van der Waals surface area contributed by atoms with E-state index in [1.807, 2.05) is 105 Å². The van der Waals surface area contributed by atoms with Crippen molar-refractivity contribution in [1.82, 2.24) is 27.1 Å². The molecule has 0 saturated carbocycles. The lowest BCUT2D eigenvalue weighted by Crippen LogP contribution is -2.21. The third-order valence-corrected chi connectivity index (χ3v) is 14.8. The van der Waals surface area contributed by atoms with Gasteiger partial charge in [0, 0.05) is 41.0 Å². The van der Waals surface area contributed by atoms with Crippen LogP contribution in [0.5, 0.6) is 28.7 Å². The predicted octanol–water partition coefficient (Wildman–Crippen LogP) is 14.8. The van der Waals surface area contributed by atoms with Crippen molar-refractivity contribution in [3.63, 3.8) is 0 Å². The van der Waals surface area contributed by atoms with E-state index in [9.17, 15) is 29.4 Å². The number of hydrogen-bond donors (Lipinski definition) is 10. The fourth-order valence-corrected chi connectivity index (χ4v) is 8.96. The lowest BCUT2D eigenvalue weighted by Gasteiger charge is -2.20. The van der Waals surface area contributed by atoms with E-state index in [1.54, 1.807) is 79.6 Å². The van der Waals surface area contributed by atoms with Crippen LogP contribution in [0, 0.1) is 13.8 Å². The van der Waals surface area contributed by atoms with E-state index >= 15 is 0 Å². The van der Waals surface area contributed by atoms with Gasteiger partial charge in [-0.1, -0.05) is 141 Å². The number of benzene rings is 9. The van der Waals surface area contributed by atoms with Crippen molar-refractivity contribution in [1.29, 1.82) is 0 Å². The molecule has 10 rings (SSSR count). The minimum Gasteiger partial charge on any atom is -0.508 e. The molecule has 0 heterocycles. The lowest BCUT2D eigenvalue weighted by atomic mass is 10.0. The van der Waals surface area contributed by atoms with Crippen molar-refractivity contribution in [3.8, 4) is 28.7 Å². The summed E-state index contributed by atoms with van der Waals surface area (Å²) in [6, 6.07) is 62.7. The second kappa shape index (κ2) is 41.2. The van der Waals surface area contributed by atoms with E-state index in [0.717, 1.165) is 64.9 Å². The summed E-state index contributed by atoms with van der Waals surface area (Å²) in [5, 5.41) is 65.7. The number of phenolic OH excluding ortho intramolecular Hbond substituents is 5. The van der Waals surface area contributed by atoms with E-state index in [4.69, 9.17) is 15.3 Å². The van der Waals surface area contributed by atoms with E-state index in [-0.39, 0.29) is 52.4 Å². The topological polar surface area (TPSA) is 295 Å². The van der Waals surface area contributed by atoms with Crippen LogP contribution in [0.25, 0.3) is 5.70 Å². The highest BCUT2D eigenvalue weighted by Crippen LogP contribution is 2.21. The van der Waals surface area contributed by atoms with E-state index in [0.29, 0.717) is 33.9 Å². The third kappa shape index (κ3) is 28.0. The van der Waals surface area contributed by atoms with Gasteiger partial charge < -0.3 is 30.4 Å². The Morgan fingerprint density at radius 1 is 0.416 bits per heavy atom. The number of phenols is 5. The SMILES string of the molecule is C=C(N/N=C/c1ccc(C(C)C)cc1)c1ccc(O)cc1.CCC1=CC=C(/C=N/NC(=O)c2ccc(O)cc2)C1.CCN(CC)c1ccc(/C=N/NC(=O)c2ccc(O)cc2)cc1.Cc1ccc(/C=N/NC(=O)c2ccc(O)cc2)cc1.Cc1cccc(/C=N/NC(=O)c2ccc(O)cc2)c1. The van der Waals surface area contributed by atoms with E-state index in [2.05, 4.69) is 117 Å². The Morgan fingerprint density at radius 3 is 1.12 bits per heavy atom. The number of carbonyl (C=O) groups excluding carboxylic acids is 4. The van der Waals surface area contributed by atoms with Crippen LogP contribution in [0.1, 0.15) is 139 Å². The zero-order valence-corrected chi connectivity index (χ0v) is 57.5. The van der Waals surface area contributed by atoms with Crippen LogP contribution >= 0.6 is 0 Å². The first-order valence-corrected chi connectivity index (χ1v) is 32.4. The average Bonchev–Trinajstić information content (AvgIpc) is 1.70. The summed E-state index contributed by atoms with van der Waals surface area (Å²) >= 11 is 0. The summed E-state index contributed by atoms with van der Waals surface area (Å²) in [4.78, 5) is 49.2. The zero-order chi connectivity index (χ0) is 72.9. The molecule has 0 fully saturated rings. The van der Waals surface area contributed by atoms with Crippen LogP contribution in [0.4, 0.5) is 5.69 Å². The monoisotopic (exact) mass is 1360 g/mol. The number of carbonyl (C=O) groups is 4. The van der Waals surface area contributed by atoms with Gasteiger partial charge in [-0.3, -0.25) is 24.6 Å². The van der Waals surface area contributed by atoms with Crippen LogP contribution in [0.3, 0.4) is 0 Å². The number of nitrogens with zero attached hydrogens (tertiary/aromatic N) is 6. The number of amides is 4. The molecule has 0 aromatic heterocycles.